The number of hydrazone groups is 1. The molecule has 0 saturated carbocycles. The predicted molar refractivity (Wildman–Crippen MR) is 139 cm³/mol. The van der Waals surface area contributed by atoms with Crippen LogP contribution in [0, 0.1) is 0 Å². The Hall–Kier alpha value is -3.95. The van der Waals surface area contributed by atoms with Gasteiger partial charge in [-0.25, -0.2) is 10.2 Å². The fraction of sp³-hybridized carbons (Fsp3) is 0.423. The molecule has 2 saturated heterocycles. The van der Waals surface area contributed by atoms with Crippen LogP contribution >= 0.6 is 0 Å². The Morgan fingerprint density at radius 1 is 0.889 bits per heavy atom. The SMILES string of the molecule is COC(=O)c1ccc(-c2ccc(/C=N\Nc3nc(N4CCCCC4)nc(N4CCCCC4)n3)o2)cc1. The van der Waals surface area contributed by atoms with Crippen LogP contribution < -0.4 is 15.2 Å². The molecule has 10 heteroatoms. The summed E-state index contributed by atoms with van der Waals surface area (Å²) in [6.45, 7) is 3.84. The number of nitrogens with one attached hydrogen (secondary N) is 1. The summed E-state index contributed by atoms with van der Waals surface area (Å²) in [7, 11) is 1.36. The van der Waals surface area contributed by atoms with Gasteiger partial charge in [-0.15, -0.1) is 0 Å². The van der Waals surface area contributed by atoms with Gasteiger partial charge in [0.05, 0.1) is 18.9 Å². The van der Waals surface area contributed by atoms with Crippen molar-refractivity contribution in [2.75, 3.05) is 48.5 Å². The van der Waals surface area contributed by atoms with E-state index < -0.39 is 0 Å². The number of piperidine rings is 2. The second kappa shape index (κ2) is 11.2. The first-order valence-corrected chi connectivity index (χ1v) is 12.5. The average Bonchev–Trinajstić information content (AvgIpc) is 3.42. The lowest BCUT2D eigenvalue weighted by molar-refractivity contribution is 0.0600. The second-order valence-corrected chi connectivity index (χ2v) is 9.00. The van der Waals surface area contributed by atoms with Crippen molar-refractivity contribution in [2.24, 2.45) is 5.10 Å². The molecule has 2 aliphatic rings. The number of anilines is 3. The Morgan fingerprint density at radius 2 is 1.50 bits per heavy atom. The van der Waals surface area contributed by atoms with Crippen LogP contribution in [0.5, 0.6) is 0 Å². The summed E-state index contributed by atoms with van der Waals surface area (Å²) >= 11 is 0. The molecule has 10 nitrogen and oxygen atoms in total. The van der Waals surface area contributed by atoms with E-state index in [9.17, 15) is 4.79 Å². The molecule has 0 atom stereocenters. The molecule has 5 rings (SSSR count). The zero-order valence-electron chi connectivity index (χ0n) is 20.5. The summed E-state index contributed by atoms with van der Waals surface area (Å²) in [5.74, 6) is 2.72. The molecule has 3 aromatic rings. The van der Waals surface area contributed by atoms with Crippen LogP contribution in [0.15, 0.2) is 45.9 Å². The maximum atomic E-state index is 11.6. The number of hydrogen-bond donors (Lipinski definition) is 1. The van der Waals surface area contributed by atoms with Crippen LogP contribution in [0.1, 0.15) is 54.6 Å². The molecule has 188 valence electrons. The van der Waals surface area contributed by atoms with Crippen molar-refractivity contribution in [1.29, 1.82) is 0 Å². The first-order valence-electron chi connectivity index (χ1n) is 12.5. The van der Waals surface area contributed by atoms with Gasteiger partial charge in [-0.1, -0.05) is 12.1 Å². The van der Waals surface area contributed by atoms with E-state index in [2.05, 4.69) is 30.3 Å². The van der Waals surface area contributed by atoms with Crippen molar-refractivity contribution in [1.82, 2.24) is 15.0 Å². The van der Waals surface area contributed by atoms with E-state index in [1.54, 1.807) is 18.3 Å². The molecule has 0 radical (unpaired) electrons. The number of carbonyl (C=O) groups excluding carboxylic acids is 1. The number of ether oxygens (including phenoxy) is 1. The number of esters is 1. The Kier molecular flexibility index (Phi) is 7.39. The molecular formula is C26H31N7O3. The summed E-state index contributed by atoms with van der Waals surface area (Å²) in [4.78, 5) is 30.2. The zero-order valence-corrected chi connectivity index (χ0v) is 20.5. The predicted octanol–water partition coefficient (Wildman–Crippen LogP) is 4.34. The molecule has 2 fully saturated rings. The molecule has 4 heterocycles. The van der Waals surface area contributed by atoms with Crippen molar-refractivity contribution in [3.8, 4) is 11.3 Å². The highest BCUT2D eigenvalue weighted by Gasteiger charge is 2.20. The van der Waals surface area contributed by atoms with Gasteiger partial charge in [0, 0.05) is 31.7 Å². The number of rotatable bonds is 7. The van der Waals surface area contributed by atoms with E-state index >= 15 is 0 Å². The quantitative estimate of drug-likeness (QED) is 0.294. The highest BCUT2D eigenvalue weighted by Crippen LogP contribution is 2.24. The Balaban J connectivity index is 1.30. The highest BCUT2D eigenvalue weighted by atomic mass is 16.5. The molecule has 0 amide bonds. The number of carbonyl (C=O) groups is 1. The van der Waals surface area contributed by atoms with Crippen LogP contribution in [0.2, 0.25) is 0 Å². The minimum atomic E-state index is -0.370. The summed E-state index contributed by atoms with van der Waals surface area (Å²) in [5.41, 5.74) is 4.31. The van der Waals surface area contributed by atoms with Crippen molar-refractivity contribution >= 4 is 30.0 Å². The molecule has 0 bridgehead atoms. The first-order chi connectivity index (χ1) is 17.7. The van der Waals surface area contributed by atoms with Crippen molar-refractivity contribution in [3.63, 3.8) is 0 Å². The largest absolute Gasteiger partial charge is 0.465 e. The topological polar surface area (TPSA) is 109 Å². The summed E-state index contributed by atoms with van der Waals surface area (Å²) in [6, 6.07) is 10.7. The number of aromatic nitrogens is 3. The van der Waals surface area contributed by atoms with Crippen molar-refractivity contribution < 1.29 is 13.9 Å². The molecule has 2 aliphatic heterocycles. The molecule has 1 N–H and O–H groups in total. The number of furan rings is 1. The molecular weight excluding hydrogens is 458 g/mol. The fourth-order valence-electron chi connectivity index (χ4n) is 4.49. The number of hydrogen-bond acceptors (Lipinski definition) is 10. The number of benzene rings is 1. The van der Waals surface area contributed by atoms with Gasteiger partial charge >= 0.3 is 5.97 Å². The van der Waals surface area contributed by atoms with E-state index in [0.29, 0.717) is 34.9 Å². The number of nitrogens with zero attached hydrogens (tertiary/aromatic N) is 6. The molecule has 1 aromatic carbocycles. The van der Waals surface area contributed by atoms with E-state index in [4.69, 9.17) is 14.1 Å². The standard InChI is InChI=1S/C26H31N7O3/c1-35-23(34)20-10-8-19(9-11-20)22-13-12-21(36-22)18-27-31-24-28-25(32-14-4-2-5-15-32)30-26(29-24)33-16-6-3-7-17-33/h8-13,18H,2-7,14-17H2,1H3,(H,28,29,30,31)/b27-18-. The van der Waals surface area contributed by atoms with Crippen LogP contribution in [-0.2, 0) is 4.74 Å². The lowest BCUT2D eigenvalue weighted by atomic mass is 10.1. The molecule has 0 unspecified atom stereocenters. The van der Waals surface area contributed by atoms with Gasteiger partial charge in [-0.2, -0.15) is 20.1 Å². The van der Waals surface area contributed by atoms with Crippen LogP contribution in [0.3, 0.4) is 0 Å². The van der Waals surface area contributed by atoms with Crippen LogP contribution in [0.25, 0.3) is 11.3 Å². The Morgan fingerprint density at radius 3 is 2.08 bits per heavy atom. The Labute approximate surface area is 210 Å². The van der Waals surface area contributed by atoms with Gasteiger partial charge in [-0.05, 0) is 62.8 Å². The molecule has 36 heavy (non-hydrogen) atoms. The van der Waals surface area contributed by atoms with E-state index in [-0.39, 0.29) is 5.97 Å². The third-order valence-corrected chi connectivity index (χ3v) is 6.46. The summed E-state index contributed by atoms with van der Waals surface area (Å²) in [5, 5.41) is 4.32. The highest BCUT2D eigenvalue weighted by molar-refractivity contribution is 5.89. The number of methoxy groups -OCH3 is 1. The average molecular weight is 490 g/mol. The van der Waals surface area contributed by atoms with Crippen molar-refractivity contribution in [2.45, 2.75) is 38.5 Å². The van der Waals surface area contributed by atoms with E-state index in [1.807, 2.05) is 24.3 Å². The summed E-state index contributed by atoms with van der Waals surface area (Å²) in [6.07, 6.45) is 8.69. The minimum absolute atomic E-state index is 0.370. The lowest BCUT2D eigenvalue weighted by Gasteiger charge is -2.30. The second-order valence-electron chi connectivity index (χ2n) is 9.00. The smallest absolute Gasteiger partial charge is 0.337 e. The van der Waals surface area contributed by atoms with Crippen LogP contribution in [0.4, 0.5) is 17.8 Å². The fourth-order valence-corrected chi connectivity index (χ4v) is 4.49. The maximum Gasteiger partial charge on any atom is 0.337 e. The van der Waals surface area contributed by atoms with Gasteiger partial charge in [0.15, 0.2) is 0 Å². The monoisotopic (exact) mass is 489 g/mol. The lowest BCUT2D eigenvalue weighted by Crippen LogP contribution is -2.34. The minimum Gasteiger partial charge on any atom is -0.465 e. The first kappa shape index (κ1) is 23.8. The molecule has 0 aliphatic carbocycles. The molecule has 0 spiro atoms. The normalized spacial score (nSPS) is 16.4. The van der Waals surface area contributed by atoms with Gasteiger partial charge in [0.25, 0.3) is 0 Å². The summed E-state index contributed by atoms with van der Waals surface area (Å²) < 4.78 is 10.6. The van der Waals surface area contributed by atoms with Gasteiger partial charge in [-0.3, -0.25) is 0 Å². The van der Waals surface area contributed by atoms with E-state index in [1.165, 1.54) is 20.0 Å². The van der Waals surface area contributed by atoms with Gasteiger partial charge in [0.2, 0.25) is 17.8 Å². The van der Waals surface area contributed by atoms with Gasteiger partial charge in [0.1, 0.15) is 11.5 Å². The van der Waals surface area contributed by atoms with Gasteiger partial charge < -0.3 is 19.0 Å². The van der Waals surface area contributed by atoms with E-state index in [0.717, 1.165) is 57.4 Å². The van der Waals surface area contributed by atoms with Crippen molar-refractivity contribution in [3.05, 3.63) is 47.7 Å². The zero-order chi connectivity index (χ0) is 24.7. The third-order valence-electron chi connectivity index (χ3n) is 6.46. The molecule has 2 aromatic heterocycles. The maximum absolute atomic E-state index is 11.6. The van der Waals surface area contributed by atoms with Crippen LogP contribution in [-0.4, -0.2) is 60.4 Å². The third kappa shape index (κ3) is 5.64. The Bertz CT molecular complexity index is 1160.